The van der Waals surface area contributed by atoms with Gasteiger partial charge in [-0.2, -0.15) is 0 Å². The number of nitrogen functional groups attached to an aromatic ring is 1. The van der Waals surface area contributed by atoms with Gasteiger partial charge in [0.05, 0.1) is 16.2 Å². The second-order valence-electron chi connectivity index (χ2n) is 3.96. The fourth-order valence-electron chi connectivity index (χ4n) is 1.78. The smallest absolute Gasteiger partial charge is 0.101 e. The van der Waals surface area contributed by atoms with Crippen LogP contribution in [0.4, 0.5) is 5.69 Å². The van der Waals surface area contributed by atoms with Gasteiger partial charge in [0, 0.05) is 22.7 Å². The molecule has 0 saturated heterocycles. The van der Waals surface area contributed by atoms with Crippen molar-refractivity contribution in [2.24, 2.45) is 0 Å². The van der Waals surface area contributed by atoms with Crippen LogP contribution in [0.3, 0.4) is 0 Å². The molecule has 3 nitrogen and oxygen atoms in total. The summed E-state index contributed by atoms with van der Waals surface area (Å²) in [5.74, 6) is 0. The van der Waals surface area contributed by atoms with E-state index in [0.29, 0.717) is 5.02 Å². The molecule has 3 rings (SSSR count). The molecule has 94 valence electrons. The van der Waals surface area contributed by atoms with Crippen molar-refractivity contribution in [1.82, 2.24) is 9.97 Å². The standard InChI is InChI=1S/C14H10ClN3S/c15-9-3-6-13(18-8-9)19-12-5-4-11-10(14(12)16)2-1-7-17-11/h1-8H,16H2. The van der Waals surface area contributed by atoms with Gasteiger partial charge in [-0.3, -0.25) is 4.98 Å². The van der Waals surface area contributed by atoms with Gasteiger partial charge in [0.25, 0.3) is 0 Å². The summed E-state index contributed by atoms with van der Waals surface area (Å²) in [6, 6.07) is 11.5. The number of rotatable bonds is 2. The summed E-state index contributed by atoms with van der Waals surface area (Å²) in [6.07, 6.45) is 3.39. The van der Waals surface area contributed by atoms with Crippen LogP contribution >= 0.6 is 23.4 Å². The van der Waals surface area contributed by atoms with E-state index in [1.54, 1.807) is 12.4 Å². The molecule has 0 unspecified atom stereocenters. The maximum Gasteiger partial charge on any atom is 0.101 e. The molecule has 2 heterocycles. The van der Waals surface area contributed by atoms with Gasteiger partial charge in [0.2, 0.25) is 0 Å². The Bertz CT molecular complexity index is 728. The molecule has 0 aliphatic rings. The minimum atomic E-state index is 0.625. The second kappa shape index (κ2) is 5.07. The number of hydrogen-bond acceptors (Lipinski definition) is 4. The quantitative estimate of drug-likeness (QED) is 0.723. The van der Waals surface area contributed by atoms with Crippen LogP contribution in [0.15, 0.2) is 58.7 Å². The summed E-state index contributed by atoms with van der Waals surface area (Å²) < 4.78 is 0. The van der Waals surface area contributed by atoms with Gasteiger partial charge in [-0.05, 0) is 36.4 Å². The lowest BCUT2D eigenvalue weighted by molar-refractivity contribution is 1.13. The Balaban J connectivity index is 2.01. The van der Waals surface area contributed by atoms with E-state index in [0.717, 1.165) is 26.5 Å². The van der Waals surface area contributed by atoms with Crippen molar-refractivity contribution in [3.63, 3.8) is 0 Å². The van der Waals surface area contributed by atoms with Crippen molar-refractivity contribution in [2.75, 3.05) is 5.73 Å². The van der Waals surface area contributed by atoms with Gasteiger partial charge in [-0.25, -0.2) is 4.98 Å². The van der Waals surface area contributed by atoms with Crippen LogP contribution in [0.25, 0.3) is 10.9 Å². The highest BCUT2D eigenvalue weighted by molar-refractivity contribution is 7.99. The lowest BCUT2D eigenvalue weighted by atomic mass is 10.2. The normalized spacial score (nSPS) is 10.8. The third-order valence-corrected chi connectivity index (χ3v) is 3.95. The van der Waals surface area contributed by atoms with Gasteiger partial charge < -0.3 is 5.73 Å². The molecular weight excluding hydrogens is 278 g/mol. The van der Waals surface area contributed by atoms with Gasteiger partial charge in [0.15, 0.2) is 0 Å². The number of hydrogen-bond donors (Lipinski definition) is 1. The molecule has 0 spiro atoms. The fourth-order valence-corrected chi connectivity index (χ4v) is 2.71. The summed E-state index contributed by atoms with van der Waals surface area (Å²) in [5, 5.41) is 2.45. The average Bonchev–Trinajstić information content (AvgIpc) is 2.45. The zero-order valence-corrected chi connectivity index (χ0v) is 11.4. The van der Waals surface area contributed by atoms with E-state index >= 15 is 0 Å². The highest BCUT2D eigenvalue weighted by atomic mass is 35.5. The Hall–Kier alpha value is -1.78. The topological polar surface area (TPSA) is 51.8 Å². The van der Waals surface area contributed by atoms with Crippen molar-refractivity contribution in [3.8, 4) is 0 Å². The second-order valence-corrected chi connectivity index (χ2v) is 5.46. The number of halogens is 1. The summed E-state index contributed by atoms with van der Waals surface area (Å²) in [4.78, 5) is 9.50. The predicted octanol–water partition coefficient (Wildman–Crippen LogP) is 4.02. The van der Waals surface area contributed by atoms with E-state index in [1.807, 2.05) is 36.4 Å². The molecular formula is C14H10ClN3S. The minimum Gasteiger partial charge on any atom is -0.397 e. The van der Waals surface area contributed by atoms with E-state index in [2.05, 4.69) is 9.97 Å². The number of nitrogens with two attached hydrogens (primary N) is 1. The monoisotopic (exact) mass is 287 g/mol. The van der Waals surface area contributed by atoms with Gasteiger partial charge in [0.1, 0.15) is 5.03 Å². The van der Waals surface area contributed by atoms with Crippen LogP contribution < -0.4 is 5.73 Å². The summed E-state index contributed by atoms with van der Waals surface area (Å²) in [7, 11) is 0. The maximum absolute atomic E-state index is 6.18. The molecule has 0 atom stereocenters. The van der Waals surface area contributed by atoms with E-state index in [9.17, 15) is 0 Å². The fraction of sp³-hybridized carbons (Fsp3) is 0. The highest BCUT2D eigenvalue weighted by Gasteiger charge is 2.07. The number of nitrogens with zero attached hydrogens (tertiary/aromatic N) is 2. The van der Waals surface area contributed by atoms with Gasteiger partial charge in [-0.15, -0.1) is 0 Å². The number of aromatic nitrogens is 2. The average molecular weight is 288 g/mol. The predicted molar refractivity (Wildman–Crippen MR) is 79.5 cm³/mol. The molecule has 5 heteroatoms. The molecule has 2 N–H and O–H groups in total. The first kappa shape index (κ1) is 12.3. The molecule has 0 fully saturated rings. The van der Waals surface area contributed by atoms with Crippen LogP contribution in [0, 0.1) is 0 Å². The molecule has 2 aromatic heterocycles. The Kier molecular flexibility index (Phi) is 3.27. The van der Waals surface area contributed by atoms with Crippen LogP contribution in [0.2, 0.25) is 5.02 Å². The van der Waals surface area contributed by atoms with Crippen molar-refractivity contribution in [2.45, 2.75) is 9.92 Å². The van der Waals surface area contributed by atoms with Crippen molar-refractivity contribution in [1.29, 1.82) is 0 Å². The van der Waals surface area contributed by atoms with Crippen LogP contribution in [-0.2, 0) is 0 Å². The van der Waals surface area contributed by atoms with E-state index in [1.165, 1.54) is 11.8 Å². The molecule has 1 aromatic carbocycles. The summed E-state index contributed by atoms with van der Waals surface area (Å²) >= 11 is 7.33. The lowest BCUT2D eigenvalue weighted by Gasteiger charge is -2.07. The SMILES string of the molecule is Nc1c(Sc2ccc(Cl)cn2)ccc2ncccc12. The van der Waals surface area contributed by atoms with Crippen molar-refractivity contribution >= 4 is 40.0 Å². The Labute approximate surface area is 119 Å². The molecule has 3 aromatic rings. The number of fused-ring (bicyclic) bond motifs is 1. The maximum atomic E-state index is 6.18. The molecule has 0 amide bonds. The zero-order valence-electron chi connectivity index (χ0n) is 9.88. The highest BCUT2D eigenvalue weighted by Crippen LogP contribution is 2.34. The van der Waals surface area contributed by atoms with E-state index < -0.39 is 0 Å². The van der Waals surface area contributed by atoms with Gasteiger partial charge in [-0.1, -0.05) is 23.4 Å². The first-order chi connectivity index (χ1) is 9.24. The third kappa shape index (κ3) is 2.50. The molecule has 0 radical (unpaired) electrons. The minimum absolute atomic E-state index is 0.625. The number of pyridine rings is 2. The van der Waals surface area contributed by atoms with Crippen LogP contribution in [0.1, 0.15) is 0 Å². The first-order valence-electron chi connectivity index (χ1n) is 5.66. The lowest BCUT2D eigenvalue weighted by Crippen LogP contribution is -1.92. The Morgan fingerprint density at radius 1 is 1.05 bits per heavy atom. The Morgan fingerprint density at radius 3 is 2.74 bits per heavy atom. The largest absolute Gasteiger partial charge is 0.397 e. The van der Waals surface area contributed by atoms with Crippen LogP contribution in [-0.4, -0.2) is 9.97 Å². The van der Waals surface area contributed by atoms with Crippen LogP contribution in [0.5, 0.6) is 0 Å². The number of anilines is 1. The van der Waals surface area contributed by atoms with Crippen molar-refractivity contribution < 1.29 is 0 Å². The molecule has 0 bridgehead atoms. The van der Waals surface area contributed by atoms with E-state index in [-0.39, 0.29) is 0 Å². The number of benzene rings is 1. The van der Waals surface area contributed by atoms with Gasteiger partial charge >= 0.3 is 0 Å². The molecule has 0 saturated carbocycles. The van der Waals surface area contributed by atoms with Crippen molar-refractivity contribution in [3.05, 3.63) is 53.8 Å². The summed E-state index contributed by atoms with van der Waals surface area (Å²) in [5.41, 5.74) is 7.81. The van der Waals surface area contributed by atoms with E-state index in [4.69, 9.17) is 17.3 Å². The summed E-state index contributed by atoms with van der Waals surface area (Å²) in [6.45, 7) is 0. The molecule has 0 aliphatic carbocycles. The Morgan fingerprint density at radius 2 is 1.95 bits per heavy atom. The third-order valence-electron chi connectivity index (χ3n) is 2.70. The zero-order chi connectivity index (χ0) is 13.2. The molecule has 19 heavy (non-hydrogen) atoms. The molecule has 0 aliphatic heterocycles. The first-order valence-corrected chi connectivity index (χ1v) is 6.86.